The first-order chi connectivity index (χ1) is 10.6. The van der Waals surface area contributed by atoms with E-state index < -0.39 is 0 Å². The van der Waals surface area contributed by atoms with Crippen LogP contribution in [-0.4, -0.2) is 21.9 Å². The lowest BCUT2D eigenvalue weighted by Crippen LogP contribution is -2.53. The van der Waals surface area contributed by atoms with Crippen LogP contribution < -0.4 is 4.48 Å². The van der Waals surface area contributed by atoms with Crippen LogP contribution in [0.25, 0.3) is 0 Å². The molecule has 1 aromatic carbocycles. The standard InChI is InChI=1S/C17H19N4O/c1-13(2)16-14(3)19-12-21(16,15-7-5-4-6-8-15)17(22)20-10-9-18-11-20/h4-13H,1-3H3/q+1. The zero-order valence-corrected chi connectivity index (χ0v) is 13.0. The predicted molar refractivity (Wildman–Crippen MR) is 87.3 cm³/mol. The van der Waals surface area contributed by atoms with Crippen LogP contribution in [0.5, 0.6) is 0 Å². The van der Waals surface area contributed by atoms with Gasteiger partial charge in [-0.3, -0.25) is 0 Å². The SMILES string of the molecule is CC1=C(C(C)C)[N+](C(=O)n2ccnc2)(c2ccccc2)C=N1. The van der Waals surface area contributed by atoms with Gasteiger partial charge in [-0.25, -0.2) is 19.3 Å². The summed E-state index contributed by atoms with van der Waals surface area (Å²) in [6.45, 7) is 6.13. The molecule has 0 spiro atoms. The Bertz CT molecular complexity index is 744. The summed E-state index contributed by atoms with van der Waals surface area (Å²) < 4.78 is 1.50. The fourth-order valence-corrected chi connectivity index (χ4v) is 3.07. The number of nitrogens with zero attached hydrogens (tertiary/aromatic N) is 4. The van der Waals surface area contributed by atoms with Gasteiger partial charge in [0.25, 0.3) is 0 Å². The van der Waals surface area contributed by atoms with Crippen LogP contribution in [0.4, 0.5) is 10.5 Å². The van der Waals surface area contributed by atoms with Crippen molar-refractivity contribution in [3.8, 4) is 0 Å². The zero-order valence-electron chi connectivity index (χ0n) is 13.0. The number of hydrogen-bond donors (Lipinski definition) is 0. The maximum atomic E-state index is 13.3. The molecule has 0 fully saturated rings. The molecule has 1 aliphatic heterocycles. The second kappa shape index (κ2) is 5.35. The van der Waals surface area contributed by atoms with Crippen LogP contribution in [0, 0.1) is 5.92 Å². The normalized spacial score (nSPS) is 20.9. The van der Waals surface area contributed by atoms with Crippen molar-refractivity contribution in [3.05, 3.63) is 60.4 Å². The van der Waals surface area contributed by atoms with E-state index in [1.54, 1.807) is 18.7 Å². The summed E-state index contributed by atoms with van der Waals surface area (Å²) in [6, 6.07) is 9.64. The van der Waals surface area contributed by atoms with Gasteiger partial charge in [-0.2, -0.15) is 0 Å². The van der Waals surface area contributed by atoms with E-state index in [1.165, 1.54) is 10.9 Å². The Morgan fingerprint density at radius 2 is 1.95 bits per heavy atom. The van der Waals surface area contributed by atoms with Crippen molar-refractivity contribution in [1.82, 2.24) is 14.0 Å². The molecule has 1 unspecified atom stereocenters. The Labute approximate surface area is 129 Å². The second-order valence-corrected chi connectivity index (χ2v) is 5.68. The van der Waals surface area contributed by atoms with E-state index in [-0.39, 0.29) is 16.4 Å². The molecule has 1 aliphatic rings. The molecule has 2 heterocycles. The largest absolute Gasteiger partial charge is 0.444 e. The Morgan fingerprint density at radius 1 is 1.23 bits per heavy atom. The van der Waals surface area contributed by atoms with Crippen LogP contribution in [0.2, 0.25) is 0 Å². The number of allylic oxidation sites excluding steroid dienone is 2. The van der Waals surface area contributed by atoms with Crippen molar-refractivity contribution in [2.45, 2.75) is 20.8 Å². The van der Waals surface area contributed by atoms with Crippen molar-refractivity contribution >= 4 is 18.1 Å². The number of hydrogen-bond acceptors (Lipinski definition) is 3. The van der Waals surface area contributed by atoms with Crippen LogP contribution in [0.3, 0.4) is 0 Å². The molecule has 2 aromatic rings. The van der Waals surface area contributed by atoms with Gasteiger partial charge in [-0.05, 0) is 6.92 Å². The second-order valence-electron chi connectivity index (χ2n) is 5.68. The number of benzene rings is 1. The van der Waals surface area contributed by atoms with E-state index in [0.717, 1.165) is 17.1 Å². The van der Waals surface area contributed by atoms with E-state index >= 15 is 0 Å². The Morgan fingerprint density at radius 3 is 2.55 bits per heavy atom. The van der Waals surface area contributed by atoms with Gasteiger partial charge in [0.05, 0.1) is 0 Å². The lowest BCUT2D eigenvalue weighted by Gasteiger charge is -2.31. The lowest BCUT2D eigenvalue weighted by molar-refractivity contribution is 0.228. The summed E-state index contributed by atoms with van der Waals surface area (Å²) in [5.74, 6) is 0.190. The smallest absolute Gasteiger partial charge is 0.245 e. The van der Waals surface area contributed by atoms with Gasteiger partial charge in [0.1, 0.15) is 12.0 Å². The summed E-state index contributed by atoms with van der Waals surface area (Å²) >= 11 is 0. The number of carbonyl (C=O) groups is 1. The molecular formula is C17H19N4O+. The minimum atomic E-state index is -0.104. The van der Waals surface area contributed by atoms with E-state index in [0.29, 0.717) is 0 Å². The van der Waals surface area contributed by atoms with Gasteiger partial charge in [0.2, 0.25) is 6.34 Å². The van der Waals surface area contributed by atoms with Crippen molar-refractivity contribution in [2.24, 2.45) is 10.9 Å². The summed E-state index contributed by atoms with van der Waals surface area (Å²) in [6.07, 6.45) is 6.54. The third-order valence-electron chi connectivity index (χ3n) is 3.91. The van der Waals surface area contributed by atoms with Crippen LogP contribution in [0.1, 0.15) is 20.8 Å². The van der Waals surface area contributed by atoms with Gasteiger partial charge < -0.3 is 0 Å². The Hall–Kier alpha value is -2.53. The molecule has 22 heavy (non-hydrogen) atoms. The van der Waals surface area contributed by atoms with Crippen molar-refractivity contribution < 1.29 is 4.79 Å². The summed E-state index contributed by atoms with van der Waals surface area (Å²) in [4.78, 5) is 21.7. The highest BCUT2D eigenvalue weighted by atomic mass is 16.2. The predicted octanol–water partition coefficient (Wildman–Crippen LogP) is 3.79. The highest BCUT2D eigenvalue weighted by molar-refractivity contribution is 6.06. The number of imidazole rings is 1. The van der Waals surface area contributed by atoms with Crippen LogP contribution in [0.15, 0.2) is 65.4 Å². The third-order valence-corrected chi connectivity index (χ3v) is 3.91. The molecule has 1 amide bonds. The summed E-state index contributed by atoms with van der Waals surface area (Å²) in [5, 5.41) is 0. The van der Waals surface area contributed by atoms with Crippen LogP contribution in [-0.2, 0) is 0 Å². The van der Waals surface area contributed by atoms with Gasteiger partial charge >= 0.3 is 6.03 Å². The quantitative estimate of drug-likeness (QED) is 0.791. The lowest BCUT2D eigenvalue weighted by atomic mass is 10.0. The molecular weight excluding hydrogens is 276 g/mol. The molecule has 0 saturated carbocycles. The number of rotatable bonds is 2. The first-order valence-corrected chi connectivity index (χ1v) is 7.31. The molecule has 0 bridgehead atoms. The number of amides is 1. The summed E-state index contributed by atoms with van der Waals surface area (Å²) in [5.41, 5.74) is 2.77. The van der Waals surface area contributed by atoms with E-state index in [9.17, 15) is 4.79 Å². The number of quaternary nitrogens is 1. The highest BCUT2D eigenvalue weighted by Crippen LogP contribution is 2.38. The maximum absolute atomic E-state index is 13.3. The highest BCUT2D eigenvalue weighted by Gasteiger charge is 2.49. The number of aliphatic imine (C=N–C) groups is 1. The molecule has 1 aromatic heterocycles. The van der Waals surface area contributed by atoms with Gasteiger partial charge in [-0.1, -0.05) is 32.0 Å². The van der Waals surface area contributed by atoms with Crippen molar-refractivity contribution in [2.75, 3.05) is 0 Å². The molecule has 3 rings (SSSR count). The van der Waals surface area contributed by atoms with Gasteiger partial charge in [0.15, 0.2) is 11.4 Å². The first kappa shape index (κ1) is 14.4. The summed E-state index contributed by atoms with van der Waals surface area (Å²) in [7, 11) is 0. The molecule has 0 radical (unpaired) electrons. The minimum absolute atomic E-state index is 0.0132. The molecule has 0 N–H and O–H groups in total. The van der Waals surface area contributed by atoms with Crippen LogP contribution >= 0.6 is 0 Å². The average molecular weight is 295 g/mol. The number of aromatic nitrogens is 2. The maximum Gasteiger partial charge on any atom is 0.444 e. The molecule has 5 nitrogen and oxygen atoms in total. The fourth-order valence-electron chi connectivity index (χ4n) is 3.07. The van der Waals surface area contributed by atoms with E-state index in [2.05, 4.69) is 23.8 Å². The van der Waals surface area contributed by atoms with Crippen molar-refractivity contribution in [3.63, 3.8) is 0 Å². The molecule has 112 valence electrons. The number of para-hydroxylation sites is 1. The topological polar surface area (TPSA) is 47.2 Å². The Kier molecular flexibility index (Phi) is 3.50. The van der Waals surface area contributed by atoms with Gasteiger partial charge in [-0.15, -0.1) is 4.48 Å². The molecule has 5 heteroatoms. The minimum Gasteiger partial charge on any atom is -0.245 e. The van der Waals surface area contributed by atoms with E-state index in [4.69, 9.17) is 0 Å². The number of carbonyl (C=O) groups excluding carboxylic acids is 1. The van der Waals surface area contributed by atoms with Gasteiger partial charge in [0, 0.05) is 30.4 Å². The Balaban J connectivity index is 2.25. The van der Waals surface area contributed by atoms with E-state index in [1.807, 2.05) is 37.3 Å². The third kappa shape index (κ3) is 2.02. The zero-order chi connectivity index (χ0) is 15.7. The van der Waals surface area contributed by atoms with Crippen molar-refractivity contribution in [1.29, 1.82) is 0 Å². The first-order valence-electron chi connectivity index (χ1n) is 7.31. The average Bonchev–Trinajstić information content (AvgIpc) is 3.15. The molecule has 0 saturated heterocycles. The monoisotopic (exact) mass is 295 g/mol. The fraction of sp³-hybridized carbons (Fsp3) is 0.235. The molecule has 0 aliphatic carbocycles. The molecule has 1 atom stereocenters.